The first kappa shape index (κ1) is 16.1. The van der Waals surface area contributed by atoms with Gasteiger partial charge in [0.25, 0.3) is 0 Å². The van der Waals surface area contributed by atoms with Crippen LogP contribution in [-0.4, -0.2) is 4.98 Å². The highest BCUT2D eigenvalue weighted by Gasteiger charge is 2.38. The maximum absolute atomic E-state index is 12.5. The number of aromatic nitrogens is 1. The van der Waals surface area contributed by atoms with Crippen LogP contribution in [0.5, 0.6) is 11.6 Å². The van der Waals surface area contributed by atoms with E-state index in [1.807, 2.05) is 12.1 Å². The Morgan fingerprint density at radius 1 is 1.23 bits per heavy atom. The second kappa shape index (κ2) is 5.87. The molecule has 0 radical (unpaired) electrons. The van der Waals surface area contributed by atoms with Gasteiger partial charge in [-0.3, -0.25) is 0 Å². The van der Waals surface area contributed by atoms with Gasteiger partial charge in [0.05, 0.1) is 29.1 Å². The quantitative estimate of drug-likeness (QED) is 0.646. The third kappa shape index (κ3) is 2.40. The topological polar surface area (TPSA) is 99.9 Å². The van der Waals surface area contributed by atoms with Crippen LogP contribution in [0.15, 0.2) is 39.5 Å². The smallest absolute Gasteiger partial charge is 0.343 e. The predicted molar refractivity (Wildman–Crippen MR) is 93.1 cm³/mol. The van der Waals surface area contributed by atoms with Crippen molar-refractivity contribution in [3.05, 3.63) is 62.7 Å². The van der Waals surface area contributed by atoms with Crippen LogP contribution in [0.3, 0.4) is 0 Å². The van der Waals surface area contributed by atoms with E-state index in [0.717, 1.165) is 5.39 Å². The summed E-state index contributed by atoms with van der Waals surface area (Å²) in [6, 6.07) is 12.4. The number of ether oxygens (including phenoxy) is 1. The van der Waals surface area contributed by atoms with Gasteiger partial charge < -0.3 is 9.15 Å². The fourth-order valence-electron chi connectivity index (χ4n) is 3.19. The molecular weight excluding hydrogens is 354 g/mol. The maximum atomic E-state index is 12.5. The third-order valence-electron chi connectivity index (χ3n) is 4.31. The van der Waals surface area contributed by atoms with E-state index in [0.29, 0.717) is 21.9 Å². The zero-order valence-corrected chi connectivity index (χ0v) is 14.2. The van der Waals surface area contributed by atoms with Crippen LogP contribution in [0.1, 0.15) is 22.8 Å². The van der Waals surface area contributed by atoms with E-state index in [1.54, 1.807) is 37.3 Å². The summed E-state index contributed by atoms with van der Waals surface area (Å²) in [5.74, 6) is -1.03. The van der Waals surface area contributed by atoms with Gasteiger partial charge in [0.2, 0.25) is 5.88 Å². The van der Waals surface area contributed by atoms with E-state index in [-0.39, 0.29) is 17.2 Å². The standard InChI is InChI=1S/C19H10ClN3O3/c1-9-4-15-17(19(24)25-9)16(11(7-21)8-22)13-6-10-5-12(20)2-3-14(10)23-18(13)26-15/h2-6,11,16H,1H3. The number of hydrogen-bond acceptors (Lipinski definition) is 6. The van der Waals surface area contributed by atoms with E-state index in [9.17, 15) is 15.3 Å². The molecule has 1 aliphatic heterocycles. The van der Waals surface area contributed by atoms with Crippen molar-refractivity contribution in [2.24, 2.45) is 5.92 Å². The lowest BCUT2D eigenvalue weighted by atomic mass is 9.81. The zero-order valence-electron chi connectivity index (χ0n) is 13.5. The molecule has 0 spiro atoms. The Bertz CT molecular complexity index is 1190. The number of halogens is 1. The Morgan fingerprint density at radius 2 is 2.00 bits per heavy atom. The van der Waals surface area contributed by atoms with Crippen molar-refractivity contribution >= 4 is 22.5 Å². The van der Waals surface area contributed by atoms with Crippen molar-refractivity contribution in [2.75, 3.05) is 0 Å². The summed E-state index contributed by atoms with van der Waals surface area (Å²) in [4.78, 5) is 16.9. The first-order chi connectivity index (χ1) is 12.5. The van der Waals surface area contributed by atoms with E-state index < -0.39 is 17.5 Å². The Kier molecular flexibility index (Phi) is 3.64. The van der Waals surface area contributed by atoms with E-state index in [2.05, 4.69) is 4.98 Å². The summed E-state index contributed by atoms with van der Waals surface area (Å²) < 4.78 is 11.0. The Hall–Kier alpha value is -3.35. The normalized spacial score (nSPS) is 14.9. The van der Waals surface area contributed by atoms with Crippen molar-refractivity contribution in [1.29, 1.82) is 10.5 Å². The Labute approximate surface area is 152 Å². The molecule has 0 fully saturated rings. The van der Waals surface area contributed by atoms with Gasteiger partial charge in [-0.25, -0.2) is 9.78 Å². The summed E-state index contributed by atoms with van der Waals surface area (Å²) in [5.41, 5.74) is 0.661. The molecule has 2 aromatic heterocycles. The number of hydrogen-bond donors (Lipinski definition) is 0. The lowest BCUT2D eigenvalue weighted by Gasteiger charge is -2.27. The molecule has 1 unspecified atom stereocenters. The van der Waals surface area contributed by atoms with Gasteiger partial charge >= 0.3 is 5.63 Å². The maximum Gasteiger partial charge on any atom is 0.343 e. The number of benzene rings is 1. The Morgan fingerprint density at radius 3 is 2.73 bits per heavy atom. The highest BCUT2D eigenvalue weighted by Crippen LogP contribution is 2.46. The molecule has 26 heavy (non-hydrogen) atoms. The number of pyridine rings is 1. The summed E-state index contributed by atoms with van der Waals surface area (Å²) in [5, 5.41) is 20.1. The van der Waals surface area contributed by atoms with Crippen LogP contribution in [0, 0.1) is 35.5 Å². The number of nitrogens with zero attached hydrogens (tertiary/aromatic N) is 3. The predicted octanol–water partition coefficient (Wildman–Crippen LogP) is 4.05. The molecule has 0 saturated heterocycles. The van der Waals surface area contributed by atoms with Gasteiger partial charge in [-0.1, -0.05) is 11.6 Å². The highest BCUT2D eigenvalue weighted by molar-refractivity contribution is 6.31. The van der Waals surface area contributed by atoms with Gasteiger partial charge in [0.15, 0.2) is 0 Å². The SMILES string of the molecule is Cc1cc2c(c(=O)o1)C(C(C#N)C#N)c1cc3cc(Cl)ccc3nc1O2. The van der Waals surface area contributed by atoms with E-state index >= 15 is 0 Å². The summed E-state index contributed by atoms with van der Waals surface area (Å²) in [7, 11) is 0. The van der Waals surface area contributed by atoms with Crippen LogP contribution >= 0.6 is 11.6 Å². The first-order valence-corrected chi connectivity index (χ1v) is 8.11. The fourth-order valence-corrected chi connectivity index (χ4v) is 3.37. The van der Waals surface area contributed by atoms with E-state index in [4.69, 9.17) is 20.8 Å². The molecule has 4 rings (SSSR count). The largest absolute Gasteiger partial charge is 0.438 e. The molecule has 6 nitrogen and oxygen atoms in total. The van der Waals surface area contributed by atoms with Crippen molar-refractivity contribution < 1.29 is 9.15 Å². The minimum atomic E-state index is -1.10. The number of fused-ring (bicyclic) bond motifs is 3. The Balaban J connectivity index is 2.06. The molecule has 3 heterocycles. The van der Waals surface area contributed by atoms with Gasteiger partial charge in [-0.05, 0) is 31.2 Å². The second-order valence-corrected chi connectivity index (χ2v) is 6.39. The molecule has 1 atom stereocenters. The zero-order chi connectivity index (χ0) is 18.4. The molecule has 3 aromatic rings. The second-order valence-electron chi connectivity index (χ2n) is 5.96. The molecular formula is C19H10ClN3O3. The molecule has 126 valence electrons. The minimum Gasteiger partial charge on any atom is -0.438 e. The first-order valence-electron chi connectivity index (χ1n) is 7.73. The highest BCUT2D eigenvalue weighted by atomic mass is 35.5. The molecule has 0 N–H and O–H groups in total. The van der Waals surface area contributed by atoms with Crippen molar-refractivity contribution in [1.82, 2.24) is 4.98 Å². The van der Waals surface area contributed by atoms with Crippen LogP contribution in [0.4, 0.5) is 0 Å². The number of rotatable bonds is 1. The molecule has 7 heteroatoms. The molecule has 0 saturated carbocycles. The van der Waals surface area contributed by atoms with Crippen molar-refractivity contribution in [3.63, 3.8) is 0 Å². The molecule has 0 amide bonds. The minimum absolute atomic E-state index is 0.152. The molecule has 0 bridgehead atoms. The van der Waals surface area contributed by atoms with Crippen molar-refractivity contribution in [3.8, 4) is 23.8 Å². The van der Waals surface area contributed by atoms with Gasteiger partial charge in [-0.2, -0.15) is 10.5 Å². The number of nitriles is 2. The van der Waals surface area contributed by atoms with E-state index in [1.165, 1.54) is 0 Å². The van der Waals surface area contributed by atoms with Gasteiger partial charge in [0, 0.05) is 22.0 Å². The average Bonchev–Trinajstić information content (AvgIpc) is 2.60. The van der Waals surface area contributed by atoms with Crippen LogP contribution in [0.25, 0.3) is 10.9 Å². The summed E-state index contributed by atoms with van der Waals surface area (Å²) >= 11 is 6.05. The fraction of sp³-hybridized carbons (Fsp3) is 0.158. The lowest BCUT2D eigenvalue weighted by molar-refractivity contribution is 0.388. The summed E-state index contributed by atoms with van der Waals surface area (Å²) in [6.45, 7) is 1.62. The average molecular weight is 364 g/mol. The molecule has 0 aliphatic carbocycles. The molecule has 1 aromatic carbocycles. The van der Waals surface area contributed by atoms with Crippen LogP contribution in [-0.2, 0) is 0 Å². The number of aryl methyl sites for hydroxylation is 1. The van der Waals surface area contributed by atoms with Gasteiger partial charge in [0.1, 0.15) is 17.4 Å². The van der Waals surface area contributed by atoms with Crippen LogP contribution in [0.2, 0.25) is 5.02 Å². The third-order valence-corrected chi connectivity index (χ3v) is 4.54. The van der Waals surface area contributed by atoms with Crippen LogP contribution < -0.4 is 10.4 Å². The molecule has 1 aliphatic rings. The monoisotopic (exact) mass is 363 g/mol. The van der Waals surface area contributed by atoms with Gasteiger partial charge in [-0.15, -0.1) is 0 Å². The lowest BCUT2D eigenvalue weighted by Crippen LogP contribution is -2.24. The summed E-state index contributed by atoms with van der Waals surface area (Å²) in [6.07, 6.45) is 0. The van der Waals surface area contributed by atoms with Crippen molar-refractivity contribution in [2.45, 2.75) is 12.8 Å².